The van der Waals surface area contributed by atoms with E-state index in [4.69, 9.17) is 0 Å². The molecule has 2 aromatic heterocycles. The van der Waals surface area contributed by atoms with Gasteiger partial charge in [0.2, 0.25) is 0 Å². The SMILES string of the molecule is CCCCCCCCCCc1ccc2cc3c(cc2c1)sc1cc2c(cc13)[se]c1cc3cc(CCCCCCCCCC)ccc3cc12. The molecule has 0 aliphatic carbocycles. The molecule has 5 aromatic carbocycles. The Morgan fingerprint density at radius 1 is 0.396 bits per heavy atom. The van der Waals surface area contributed by atoms with Crippen molar-refractivity contribution in [1.29, 1.82) is 0 Å². The van der Waals surface area contributed by atoms with E-state index in [2.05, 4.69) is 86.6 Å². The number of hydrogen-bond donors (Lipinski definition) is 0. The Kier molecular flexibility index (Phi) is 11.5. The third-order valence-electron chi connectivity index (χ3n) is 10.7. The number of hydrogen-bond acceptors (Lipinski definition) is 1. The summed E-state index contributed by atoms with van der Waals surface area (Å²) in [6, 6.07) is 29.5. The summed E-state index contributed by atoms with van der Waals surface area (Å²) in [7, 11) is 0. The van der Waals surface area contributed by atoms with E-state index in [1.165, 1.54) is 179 Å². The molecule has 0 radical (unpaired) electrons. The summed E-state index contributed by atoms with van der Waals surface area (Å²) in [5.74, 6) is 0. The number of thiophene rings is 1. The van der Waals surface area contributed by atoms with Crippen LogP contribution in [0.4, 0.5) is 0 Å². The molecule has 48 heavy (non-hydrogen) atoms. The first-order valence-corrected chi connectivity index (χ1v) is 21.9. The van der Waals surface area contributed by atoms with Gasteiger partial charge in [0.1, 0.15) is 0 Å². The fourth-order valence-corrected chi connectivity index (χ4v) is 11.5. The van der Waals surface area contributed by atoms with Gasteiger partial charge in [0.05, 0.1) is 0 Å². The molecule has 250 valence electrons. The van der Waals surface area contributed by atoms with E-state index >= 15 is 0 Å². The van der Waals surface area contributed by atoms with E-state index < -0.39 is 0 Å². The Morgan fingerprint density at radius 3 is 1.46 bits per heavy atom. The van der Waals surface area contributed by atoms with Crippen LogP contribution in [0.3, 0.4) is 0 Å². The monoisotopic (exact) mass is 718 g/mol. The Hall–Kier alpha value is -2.64. The average molecular weight is 718 g/mol. The molecule has 0 spiro atoms. The number of aryl methyl sites for hydroxylation is 2. The fourth-order valence-electron chi connectivity index (χ4n) is 7.87. The molecule has 0 N–H and O–H groups in total. The number of fused-ring (bicyclic) bond motifs is 8. The third-order valence-corrected chi connectivity index (χ3v) is 14.2. The Labute approximate surface area is 298 Å². The molecule has 0 atom stereocenters. The second-order valence-electron chi connectivity index (χ2n) is 14.6. The molecule has 7 aromatic rings. The van der Waals surface area contributed by atoms with Crippen molar-refractivity contribution < 1.29 is 0 Å². The van der Waals surface area contributed by atoms with Gasteiger partial charge in [0, 0.05) is 0 Å². The molecule has 2 heterocycles. The van der Waals surface area contributed by atoms with Gasteiger partial charge in [-0.25, -0.2) is 0 Å². The molecule has 0 saturated carbocycles. The van der Waals surface area contributed by atoms with Crippen LogP contribution in [-0.2, 0) is 12.8 Å². The van der Waals surface area contributed by atoms with E-state index in [9.17, 15) is 0 Å². The molecular weight excluding hydrogens is 664 g/mol. The third kappa shape index (κ3) is 7.88. The number of rotatable bonds is 18. The molecule has 0 nitrogen and oxygen atoms in total. The van der Waals surface area contributed by atoms with Gasteiger partial charge in [-0.1, -0.05) is 65.2 Å². The maximum absolute atomic E-state index is 2.55. The van der Waals surface area contributed by atoms with Crippen molar-refractivity contribution in [3.05, 3.63) is 83.9 Å². The van der Waals surface area contributed by atoms with Gasteiger partial charge >= 0.3 is 235 Å². The van der Waals surface area contributed by atoms with Crippen LogP contribution in [0, 0.1) is 0 Å². The minimum absolute atomic E-state index is 0.357. The van der Waals surface area contributed by atoms with Crippen LogP contribution in [0.5, 0.6) is 0 Å². The molecule has 0 fully saturated rings. The summed E-state index contributed by atoms with van der Waals surface area (Å²) >= 11 is 2.34. The summed E-state index contributed by atoms with van der Waals surface area (Å²) < 4.78 is 5.98. The molecule has 0 bridgehead atoms. The van der Waals surface area contributed by atoms with Crippen LogP contribution in [0.1, 0.15) is 128 Å². The van der Waals surface area contributed by atoms with E-state index in [-0.39, 0.29) is 0 Å². The summed E-state index contributed by atoms with van der Waals surface area (Å²) in [6.45, 7) is 4.60. The summed E-state index contributed by atoms with van der Waals surface area (Å²) in [5.41, 5.74) is 3.01. The van der Waals surface area contributed by atoms with Gasteiger partial charge in [-0.2, -0.15) is 0 Å². The molecular formula is C46H54SSe. The molecule has 2 heteroatoms. The van der Waals surface area contributed by atoms with E-state index in [1.54, 1.807) is 8.52 Å². The van der Waals surface area contributed by atoms with Crippen LogP contribution in [0.15, 0.2) is 72.8 Å². The second-order valence-corrected chi connectivity index (χ2v) is 17.9. The van der Waals surface area contributed by atoms with Crippen LogP contribution in [0.25, 0.3) is 61.0 Å². The van der Waals surface area contributed by atoms with Crippen molar-refractivity contribution in [2.45, 2.75) is 129 Å². The van der Waals surface area contributed by atoms with Gasteiger partial charge in [-0.05, 0) is 0 Å². The molecule has 7 rings (SSSR count). The second kappa shape index (κ2) is 16.4. The molecule has 0 saturated heterocycles. The standard InChI is InChI=1S/C46H54SSe/c1-3-5-7-9-11-13-15-17-19-33-21-23-35-27-39-40-32-46-42(31-44(40)47-43(39)29-37(35)25-33)41-28-36-24-22-34(26-38(36)30-45(41)48-46)20-18-16-14-12-10-8-6-4-2/h21-32H,3-20H2,1-2H3. The minimum atomic E-state index is 0.357. The van der Waals surface area contributed by atoms with Gasteiger partial charge in [0.25, 0.3) is 0 Å². The number of benzene rings is 5. The Balaban J connectivity index is 1.06. The molecule has 0 aliphatic rings. The first kappa shape index (κ1) is 33.8. The van der Waals surface area contributed by atoms with Crippen LogP contribution >= 0.6 is 11.3 Å². The predicted octanol–water partition coefficient (Wildman–Crippen LogP) is 15.1. The summed E-state index contributed by atoms with van der Waals surface area (Å²) in [5, 5.41) is 11.4. The van der Waals surface area contributed by atoms with E-state index in [0.717, 1.165) is 0 Å². The summed E-state index contributed by atoms with van der Waals surface area (Å²) in [4.78, 5) is 0. The first-order valence-electron chi connectivity index (χ1n) is 19.4. The molecule has 0 unspecified atom stereocenters. The Bertz CT molecular complexity index is 1970. The van der Waals surface area contributed by atoms with Crippen LogP contribution < -0.4 is 0 Å². The Morgan fingerprint density at radius 2 is 0.854 bits per heavy atom. The van der Waals surface area contributed by atoms with Crippen molar-refractivity contribution in [3.63, 3.8) is 0 Å². The topological polar surface area (TPSA) is 0 Å². The zero-order valence-corrected chi connectivity index (χ0v) is 32.0. The van der Waals surface area contributed by atoms with E-state index in [1.807, 2.05) is 11.3 Å². The fraction of sp³-hybridized carbons (Fsp3) is 0.435. The van der Waals surface area contributed by atoms with Crippen LogP contribution in [0.2, 0.25) is 0 Å². The zero-order valence-electron chi connectivity index (χ0n) is 29.5. The van der Waals surface area contributed by atoms with Crippen molar-refractivity contribution in [1.82, 2.24) is 0 Å². The molecule has 0 amide bonds. The van der Waals surface area contributed by atoms with Crippen molar-refractivity contribution in [2.24, 2.45) is 0 Å². The van der Waals surface area contributed by atoms with Gasteiger partial charge in [-0.15, -0.1) is 0 Å². The van der Waals surface area contributed by atoms with Crippen molar-refractivity contribution in [2.75, 3.05) is 0 Å². The normalized spacial score (nSPS) is 12.2. The predicted molar refractivity (Wildman–Crippen MR) is 219 cm³/mol. The van der Waals surface area contributed by atoms with E-state index in [0.29, 0.717) is 14.5 Å². The summed E-state index contributed by atoms with van der Waals surface area (Å²) in [6.07, 6.45) is 24.6. The van der Waals surface area contributed by atoms with Gasteiger partial charge in [-0.3, -0.25) is 0 Å². The average Bonchev–Trinajstić information content (AvgIpc) is 3.63. The first-order chi connectivity index (χ1) is 23.7. The quantitative estimate of drug-likeness (QED) is 0.0612. The number of unbranched alkanes of at least 4 members (excludes halogenated alkanes) is 14. The van der Waals surface area contributed by atoms with Gasteiger partial charge in [0.15, 0.2) is 0 Å². The van der Waals surface area contributed by atoms with Crippen molar-refractivity contribution in [3.8, 4) is 0 Å². The molecule has 0 aliphatic heterocycles. The van der Waals surface area contributed by atoms with Crippen LogP contribution in [-0.4, -0.2) is 14.5 Å². The zero-order chi connectivity index (χ0) is 32.7. The maximum atomic E-state index is 2.55. The van der Waals surface area contributed by atoms with Gasteiger partial charge < -0.3 is 0 Å². The van der Waals surface area contributed by atoms with Crippen molar-refractivity contribution >= 4 is 86.9 Å².